The maximum atomic E-state index is 12.3. The zero-order chi connectivity index (χ0) is 14.9. The SMILES string of the molecule is Cc1cc(Br)cc(C(=O)Nc2c(C)cc(Br)cc2N)c1. The minimum absolute atomic E-state index is 0.175. The van der Waals surface area contributed by atoms with Crippen molar-refractivity contribution >= 4 is 49.1 Å². The van der Waals surface area contributed by atoms with Crippen LogP contribution in [0.5, 0.6) is 0 Å². The molecule has 0 fully saturated rings. The first-order chi connectivity index (χ1) is 9.36. The van der Waals surface area contributed by atoms with E-state index in [2.05, 4.69) is 37.2 Å². The molecule has 0 aliphatic carbocycles. The average Bonchev–Trinajstić information content (AvgIpc) is 2.32. The molecule has 0 radical (unpaired) electrons. The molecule has 0 aromatic heterocycles. The second-order valence-corrected chi connectivity index (χ2v) is 6.49. The molecule has 0 spiro atoms. The van der Waals surface area contributed by atoms with Gasteiger partial charge in [-0.05, 0) is 55.3 Å². The summed E-state index contributed by atoms with van der Waals surface area (Å²) in [5.74, 6) is -0.175. The first-order valence-electron chi connectivity index (χ1n) is 6.01. The van der Waals surface area contributed by atoms with Crippen LogP contribution in [0.1, 0.15) is 21.5 Å². The van der Waals surface area contributed by atoms with Crippen molar-refractivity contribution in [2.75, 3.05) is 11.1 Å². The molecule has 2 rings (SSSR count). The average molecular weight is 398 g/mol. The van der Waals surface area contributed by atoms with Crippen LogP contribution >= 0.6 is 31.9 Å². The van der Waals surface area contributed by atoms with Crippen LogP contribution in [-0.2, 0) is 0 Å². The fraction of sp³-hybridized carbons (Fsp3) is 0.133. The summed E-state index contributed by atoms with van der Waals surface area (Å²) < 4.78 is 1.77. The van der Waals surface area contributed by atoms with Crippen molar-refractivity contribution in [1.29, 1.82) is 0 Å². The Morgan fingerprint density at radius 1 is 1.05 bits per heavy atom. The number of anilines is 2. The van der Waals surface area contributed by atoms with Crippen molar-refractivity contribution in [1.82, 2.24) is 0 Å². The second-order valence-electron chi connectivity index (χ2n) is 4.66. The van der Waals surface area contributed by atoms with Gasteiger partial charge in [-0.2, -0.15) is 0 Å². The van der Waals surface area contributed by atoms with E-state index >= 15 is 0 Å². The molecule has 5 heteroatoms. The summed E-state index contributed by atoms with van der Waals surface area (Å²) in [5.41, 5.74) is 9.67. The van der Waals surface area contributed by atoms with Crippen LogP contribution in [0.15, 0.2) is 39.3 Å². The zero-order valence-electron chi connectivity index (χ0n) is 11.1. The first kappa shape index (κ1) is 15.1. The number of carbonyl (C=O) groups is 1. The smallest absolute Gasteiger partial charge is 0.255 e. The van der Waals surface area contributed by atoms with Gasteiger partial charge in [-0.25, -0.2) is 0 Å². The van der Waals surface area contributed by atoms with E-state index in [1.165, 1.54) is 0 Å². The number of hydrogen-bond acceptors (Lipinski definition) is 2. The molecule has 104 valence electrons. The lowest BCUT2D eigenvalue weighted by Crippen LogP contribution is -2.14. The number of nitrogens with one attached hydrogen (secondary N) is 1. The maximum Gasteiger partial charge on any atom is 0.255 e. The number of rotatable bonds is 2. The van der Waals surface area contributed by atoms with Crippen LogP contribution in [0.3, 0.4) is 0 Å². The zero-order valence-corrected chi connectivity index (χ0v) is 14.3. The van der Waals surface area contributed by atoms with Gasteiger partial charge in [0.1, 0.15) is 0 Å². The molecule has 2 aromatic rings. The minimum Gasteiger partial charge on any atom is -0.397 e. The molecule has 2 aromatic carbocycles. The van der Waals surface area contributed by atoms with E-state index in [0.717, 1.165) is 20.1 Å². The van der Waals surface area contributed by atoms with E-state index in [4.69, 9.17) is 5.73 Å². The third kappa shape index (κ3) is 3.41. The summed E-state index contributed by atoms with van der Waals surface area (Å²) in [5, 5.41) is 2.87. The number of halogens is 2. The topological polar surface area (TPSA) is 55.1 Å². The van der Waals surface area contributed by atoms with Crippen molar-refractivity contribution in [2.45, 2.75) is 13.8 Å². The number of amides is 1. The molecule has 3 nitrogen and oxygen atoms in total. The predicted molar refractivity (Wildman–Crippen MR) is 90.1 cm³/mol. The molecule has 0 heterocycles. The van der Waals surface area contributed by atoms with Crippen LogP contribution in [0.4, 0.5) is 11.4 Å². The van der Waals surface area contributed by atoms with Gasteiger partial charge in [0.15, 0.2) is 0 Å². The van der Waals surface area contributed by atoms with Gasteiger partial charge in [0, 0.05) is 14.5 Å². The number of aryl methyl sites for hydroxylation is 2. The third-order valence-electron chi connectivity index (χ3n) is 2.87. The highest BCUT2D eigenvalue weighted by Crippen LogP contribution is 2.28. The molecule has 0 saturated heterocycles. The van der Waals surface area contributed by atoms with E-state index in [0.29, 0.717) is 16.9 Å². The van der Waals surface area contributed by atoms with Crippen molar-refractivity contribution in [3.63, 3.8) is 0 Å². The second kappa shape index (κ2) is 5.97. The molecule has 0 atom stereocenters. The van der Waals surface area contributed by atoms with Gasteiger partial charge in [0.05, 0.1) is 11.4 Å². The number of benzene rings is 2. The molecule has 0 saturated carbocycles. The number of nitrogens with two attached hydrogens (primary N) is 1. The highest BCUT2D eigenvalue weighted by molar-refractivity contribution is 9.10. The maximum absolute atomic E-state index is 12.3. The molecular formula is C15H14Br2N2O. The fourth-order valence-corrected chi connectivity index (χ4v) is 3.19. The molecule has 20 heavy (non-hydrogen) atoms. The van der Waals surface area contributed by atoms with Gasteiger partial charge in [-0.3, -0.25) is 4.79 Å². The molecule has 0 unspecified atom stereocenters. The van der Waals surface area contributed by atoms with Gasteiger partial charge < -0.3 is 11.1 Å². The molecule has 0 aliphatic rings. The van der Waals surface area contributed by atoms with Gasteiger partial charge in [0.25, 0.3) is 5.91 Å². The fourth-order valence-electron chi connectivity index (χ4n) is 1.99. The summed E-state index contributed by atoms with van der Waals surface area (Å²) in [7, 11) is 0. The van der Waals surface area contributed by atoms with Gasteiger partial charge in [-0.1, -0.05) is 31.9 Å². The van der Waals surface area contributed by atoms with Crippen LogP contribution in [0.25, 0.3) is 0 Å². The Labute approximate surface area is 134 Å². The normalized spacial score (nSPS) is 10.4. The Morgan fingerprint density at radius 3 is 2.30 bits per heavy atom. The lowest BCUT2D eigenvalue weighted by molar-refractivity contribution is 0.102. The monoisotopic (exact) mass is 396 g/mol. The summed E-state index contributed by atoms with van der Waals surface area (Å²) in [4.78, 5) is 12.3. The molecule has 0 bridgehead atoms. The van der Waals surface area contributed by atoms with Gasteiger partial charge in [0.2, 0.25) is 0 Å². The Bertz CT molecular complexity index is 640. The third-order valence-corrected chi connectivity index (χ3v) is 3.79. The van der Waals surface area contributed by atoms with Crippen LogP contribution in [-0.4, -0.2) is 5.91 Å². The van der Waals surface area contributed by atoms with Crippen molar-refractivity contribution in [3.05, 3.63) is 56.0 Å². The van der Waals surface area contributed by atoms with Crippen LogP contribution in [0.2, 0.25) is 0 Å². The standard InChI is InChI=1S/C15H14Br2N2O/c1-8-3-10(6-11(16)4-8)15(20)19-14-9(2)5-12(17)7-13(14)18/h3-7H,18H2,1-2H3,(H,19,20). The highest BCUT2D eigenvalue weighted by Gasteiger charge is 2.12. The Balaban J connectivity index is 2.32. The number of nitrogen functional groups attached to an aromatic ring is 1. The minimum atomic E-state index is -0.175. The molecular weight excluding hydrogens is 384 g/mol. The quantitative estimate of drug-likeness (QED) is 0.723. The van der Waals surface area contributed by atoms with Crippen molar-refractivity contribution < 1.29 is 4.79 Å². The van der Waals surface area contributed by atoms with E-state index in [1.54, 1.807) is 12.1 Å². The summed E-state index contributed by atoms with van der Waals surface area (Å²) >= 11 is 6.77. The number of carbonyl (C=O) groups excluding carboxylic acids is 1. The van der Waals surface area contributed by atoms with Crippen molar-refractivity contribution in [2.24, 2.45) is 0 Å². The van der Waals surface area contributed by atoms with E-state index < -0.39 is 0 Å². The largest absolute Gasteiger partial charge is 0.397 e. The Kier molecular flexibility index (Phi) is 4.50. The van der Waals surface area contributed by atoms with E-state index in [1.807, 2.05) is 32.0 Å². The van der Waals surface area contributed by atoms with Crippen LogP contribution < -0.4 is 11.1 Å². The Hall–Kier alpha value is -1.33. The van der Waals surface area contributed by atoms with E-state index in [-0.39, 0.29) is 5.91 Å². The van der Waals surface area contributed by atoms with E-state index in [9.17, 15) is 4.79 Å². The van der Waals surface area contributed by atoms with Gasteiger partial charge in [-0.15, -0.1) is 0 Å². The summed E-state index contributed by atoms with van der Waals surface area (Å²) in [6, 6.07) is 9.26. The first-order valence-corrected chi connectivity index (χ1v) is 7.59. The molecule has 0 aliphatic heterocycles. The van der Waals surface area contributed by atoms with Gasteiger partial charge >= 0.3 is 0 Å². The predicted octanol–water partition coefficient (Wildman–Crippen LogP) is 4.66. The Morgan fingerprint density at radius 2 is 1.70 bits per heavy atom. The highest BCUT2D eigenvalue weighted by atomic mass is 79.9. The molecule has 3 N–H and O–H groups in total. The van der Waals surface area contributed by atoms with Crippen LogP contribution in [0, 0.1) is 13.8 Å². The lowest BCUT2D eigenvalue weighted by Gasteiger charge is -2.12. The lowest BCUT2D eigenvalue weighted by atomic mass is 10.1. The molecule has 1 amide bonds. The van der Waals surface area contributed by atoms with Crippen molar-refractivity contribution in [3.8, 4) is 0 Å². The number of hydrogen-bond donors (Lipinski definition) is 2. The summed E-state index contributed by atoms with van der Waals surface area (Å²) in [6.45, 7) is 3.85. The summed E-state index contributed by atoms with van der Waals surface area (Å²) in [6.07, 6.45) is 0.